The second-order valence-electron chi connectivity index (χ2n) is 6.14. The Hall–Kier alpha value is -3.81. The molecule has 0 bridgehead atoms. The van der Waals surface area contributed by atoms with Gasteiger partial charge in [-0.05, 0) is 48.5 Å². The van der Waals surface area contributed by atoms with Crippen molar-refractivity contribution in [1.29, 1.82) is 0 Å². The molecule has 164 valence electrons. The highest BCUT2D eigenvalue weighted by Gasteiger charge is 2.18. The molecule has 13 heteroatoms. The van der Waals surface area contributed by atoms with Crippen molar-refractivity contribution in [3.8, 4) is 0 Å². The van der Waals surface area contributed by atoms with E-state index in [0.717, 1.165) is 0 Å². The predicted octanol–water partition coefficient (Wildman–Crippen LogP) is -0.844. The van der Waals surface area contributed by atoms with Gasteiger partial charge in [-0.3, -0.25) is 30.0 Å². The second kappa shape index (κ2) is 10.3. The fourth-order valence-electron chi connectivity index (χ4n) is 2.38. The molecule has 0 aliphatic heterocycles. The lowest BCUT2D eigenvalue weighted by atomic mass is 10.3. The van der Waals surface area contributed by atoms with Crippen molar-refractivity contribution < 1.29 is 27.6 Å². The largest absolute Gasteiger partial charge is 0.326 e. The third-order valence-corrected chi connectivity index (χ3v) is 5.65. The van der Waals surface area contributed by atoms with Crippen LogP contribution in [-0.2, 0) is 29.0 Å². The molecular weight excluding hydrogens is 428 g/mol. The van der Waals surface area contributed by atoms with Gasteiger partial charge >= 0.3 is 0 Å². The smallest absolute Gasteiger partial charge is 0.243 e. The van der Waals surface area contributed by atoms with E-state index in [0.29, 0.717) is 11.4 Å². The van der Waals surface area contributed by atoms with Gasteiger partial charge in [-0.1, -0.05) is 0 Å². The molecule has 0 spiro atoms. The first kappa shape index (κ1) is 23.5. The van der Waals surface area contributed by atoms with Crippen LogP contribution in [-0.4, -0.2) is 32.0 Å². The standard InChI is InChI=1S/C18H20N6O6S/c19-23-17(27)9-15(25)21-11-1-5-13(6-2-11)31(29,30)14-7-3-12(4-8-14)22-16(26)10-18(28)24-20/h1-8H,9-10,19-20H2,(H,21,25)(H,22,26)(H,23,27)(H,24,28). The number of nitrogens with one attached hydrogen (secondary N) is 4. The van der Waals surface area contributed by atoms with Crippen molar-refractivity contribution in [2.45, 2.75) is 22.6 Å². The number of rotatable bonds is 8. The first-order valence-electron chi connectivity index (χ1n) is 8.69. The Balaban J connectivity index is 2.07. The molecule has 0 heterocycles. The minimum absolute atomic E-state index is 0.0263. The maximum Gasteiger partial charge on any atom is 0.243 e. The molecule has 0 unspecified atom stereocenters. The number of carbonyl (C=O) groups excluding carboxylic acids is 4. The second-order valence-corrected chi connectivity index (χ2v) is 8.09. The van der Waals surface area contributed by atoms with Crippen LogP contribution in [0.5, 0.6) is 0 Å². The van der Waals surface area contributed by atoms with E-state index in [9.17, 15) is 27.6 Å². The van der Waals surface area contributed by atoms with Crippen molar-refractivity contribution in [3.05, 3.63) is 48.5 Å². The minimum atomic E-state index is -3.86. The summed E-state index contributed by atoms with van der Waals surface area (Å²) in [7, 11) is -3.86. The molecule has 0 saturated carbocycles. The van der Waals surface area contributed by atoms with E-state index in [2.05, 4.69) is 10.6 Å². The van der Waals surface area contributed by atoms with E-state index in [-0.39, 0.29) is 9.79 Å². The topological polar surface area (TPSA) is 203 Å². The number of anilines is 2. The van der Waals surface area contributed by atoms with Crippen molar-refractivity contribution in [3.63, 3.8) is 0 Å². The van der Waals surface area contributed by atoms with Crippen LogP contribution in [0.4, 0.5) is 11.4 Å². The molecule has 0 radical (unpaired) electrons. The SMILES string of the molecule is NNC(=O)CC(=O)Nc1ccc(S(=O)(=O)c2ccc(NC(=O)CC(=O)NN)cc2)cc1. The molecule has 4 amide bonds. The lowest BCUT2D eigenvalue weighted by molar-refractivity contribution is -0.128. The maximum atomic E-state index is 12.8. The van der Waals surface area contributed by atoms with E-state index < -0.39 is 46.3 Å². The first-order chi connectivity index (χ1) is 14.6. The number of benzene rings is 2. The van der Waals surface area contributed by atoms with E-state index >= 15 is 0 Å². The molecule has 0 aromatic heterocycles. The van der Waals surface area contributed by atoms with Crippen LogP contribution in [0.25, 0.3) is 0 Å². The number of carbonyl (C=O) groups is 4. The van der Waals surface area contributed by atoms with Crippen molar-refractivity contribution in [2.75, 3.05) is 10.6 Å². The normalized spacial score (nSPS) is 10.6. The molecule has 0 aliphatic carbocycles. The molecule has 31 heavy (non-hydrogen) atoms. The summed E-state index contributed by atoms with van der Waals surface area (Å²) in [5, 5.41) is 4.88. The quantitative estimate of drug-likeness (QED) is 0.130. The summed E-state index contributed by atoms with van der Waals surface area (Å²) in [5.41, 5.74) is 4.26. The maximum absolute atomic E-state index is 12.8. The van der Waals surface area contributed by atoms with Crippen LogP contribution in [0.1, 0.15) is 12.8 Å². The Morgan fingerprint density at radius 2 is 0.935 bits per heavy atom. The monoisotopic (exact) mass is 448 g/mol. The van der Waals surface area contributed by atoms with Crippen LogP contribution in [0.2, 0.25) is 0 Å². The summed E-state index contributed by atoms with van der Waals surface area (Å²) in [6.07, 6.45) is -0.952. The molecule has 2 aromatic carbocycles. The zero-order valence-electron chi connectivity index (χ0n) is 16.0. The Morgan fingerprint density at radius 1 is 0.613 bits per heavy atom. The highest BCUT2D eigenvalue weighted by atomic mass is 32.2. The summed E-state index contributed by atoms with van der Waals surface area (Å²) >= 11 is 0. The molecule has 2 rings (SSSR count). The van der Waals surface area contributed by atoms with Crippen LogP contribution in [0, 0.1) is 0 Å². The van der Waals surface area contributed by atoms with Crippen LogP contribution in [0.3, 0.4) is 0 Å². The number of hydrogen-bond donors (Lipinski definition) is 6. The van der Waals surface area contributed by atoms with Crippen molar-refractivity contribution in [2.24, 2.45) is 11.7 Å². The van der Waals surface area contributed by atoms with Gasteiger partial charge in [0.15, 0.2) is 0 Å². The number of hydrogen-bond acceptors (Lipinski definition) is 8. The summed E-state index contributed by atoms with van der Waals surface area (Å²) in [4.78, 5) is 45.4. The third-order valence-electron chi connectivity index (χ3n) is 3.86. The summed E-state index contributed by atoms with van der Waals surface area (Å²) in [6, 6.07) is 10.7. The molecular formula is C18H20N6O6S. The van der Waals surface area contributed by atoms with Crippen LogP contribution < -0.4 is 33.2 Å². The zero-order chi connectivity index (χ0) is 23.0. The van der Waals surface area contributed by atoms with E-state index in [4.69, 9.17) is 11.7 Å². The van der Waals surface area contributed by atoms with Gasteiger partial charge in [-0.2, -0.15) is 0 Å². The summed E-state index contributed by atoms with van der Waals surface area (Å²) < 4.78 is 25.5. The summed E-state index contributed by atoms with van der Waals surface area (Å²) in [5.74, 6) is 7.26. The van der Waals surface area contributed by atoms with Crippen molar-refractivity contribution >= 4 is 44.8 Å². The molecule has 0 aliphatic rings. The number of hydrazine groups is 2. The fourth-order valence-corrected chi connectivity index (χ4v) is 3.64. The fraction of sp³-hybridized carbons (Fsp3) is 0.111. The highest BCUT2D eigenvalue weighted by Crippen LogP contribution is 2.24. The predicted molar refractivity (Wildman–Crippen MR) is 109 cm³/mol. The molecule has 8 N–H and O–H groups in total. The molecule has 0 saturated heterocycles. The Labute approximate surface area is 177 Å². The average molecular weight is 448 g/mol. The van der Waals surface area contributed by atoms with Gasteiger partial charge in [0.1, 0.15) is 12.8 Å². The van der Waals surface area contributed by atoms with Gasteiger partial charge in [0, 0.05) is 11.4 Å². The van der Waals surface area contributed by atoms with Gasteiger partial charge in [-0.15, -0.1) is 0 Å². The van der Waals surface area contributed by atoms with Gasteiger partial charge in [0.05, 0.1) is 9.79 Å². The van der Waals surface area contributed by atoms with Crippen LogP contribution in [0.15, 0.2) is 58.3 Å². The number of sulfone groups is 1. The van der Waals surface area contributed by atoms with Gasteiger partial charge < -0.3 is 10.6 Å². The van der Waals surface area contributed by atoms with Gasteiger partial charge in [0.25, 0.3) is 0 Å². The molecule has 0 fully saturated rings. The van der Waals surface area contributed by atoms with Crippen LogP contribution >= 0.6 is 0 Å². The number of amides is 4. The van der Waals surface area contributed by atoms with Gasteiger partial charge in [-0.25, -0.2) is 20.1 Å². The number of nitrogens with two attached hydrogens (primary N) is 2. The Morgan fingerprint density at radius 3 is 1.23 bits per heavy atom. The minimum Gasteiger partial charge on any atom is -0.326 e. The zero-order valence-corrected chi connectivity index (χ0v) is 16.9. The third kappa shape index (κ3) is 6.60. The lowest BCUT2D eigenvalue weighted by Gasteiger charge is -2.09. The molecule has 0 atom stereocenters. The Bertz CT molecular complexity index is 1000. The molecule has 2 aromatic rings. The van der Waals surface area contributed by atoms with E-state index in [1.807, 2.05) is 10.9 Å². The summed E-state index contributed by atoms with van der Waals surface area (Å²) in [6.45, 7) is 0. The van der Waals surface area contributed by atoms with Gasteiger partial charge in [0.2, 0.25) is 33.5 Å². The highest BCUT2D eigenvalue weighted by molar-refractivity contribution is 7.91. The first-order valence-corrected chi connectivity index (χ1v) is 10.2. The van der Waals surface area contributed by atoms with Crippen molar-refractivity contribution in [1.82, 2.24) is 10.9 Å². The van der Waals surface area contributed by atoms with E-state index in [1.54, 1.807) is 0 Å². The molecule has 12 nitrogen and oxygen atoms in total. The lowest BCUT2D eigenvalue weighted by Crippen LogP contribution is -2.33. The average Bonchev–Trinajstić information content (AvgIpc) is 2.74. The Kier molecular flexibility index (Phi) is 7.79. The van der Waals surface area contributed by atoms with E-state index in [1.165, 1.54) is 48.5 Å².